The zero-order chi connectivity index (χ0) is 11.5. The van der Waals surface area contributed by atoms with Crippen molar-refractivity contribution < 1.29 is 9.59 Å². The lowest BCUT2D eigenvalue weighted by Crippen LogP contribution is -2.54. The van der Waals surface area contributed by atoms with Gasteiger partial charge in [0.05, 0.1) is 12.1 Å². The highest BCUT2D eigenvalue weighted by Gasteiger charge is 2.32. The van der Waals surface area contributed by atoms with E-state index in [1.54, 1.807) is 11.8 Å². The number of hydrogen-bond donors (Lipinski definition) is 2. The third-order valence-corrected chi connectivity index (χ3v) is 2.77. The summed E-state index contributed by atoms with van der Waals surface area (Å²) < 4.78 is 0. The fraction of sp³-hybridized carbons (Fsp3) is 0.800. The second kappa shape index (κ2) is 4.61. The molecule has 1 heterocycles. The van der Waals surface area contributed by atoms with Gasteiger partial charge in [-0.2, -0.15) is 0 Å². The van der Waals surface area contributed by atoms with E-state index >= 15 is 0 Å². The van der Waals surface area contributed by atoms with Crippen LogP contribution in [0.1, 0.15) is 26.7 Å². The maximum absolute atomic E-state index is 12.0. The van der Waals surface area contributed by atoms with Crippen LogP contribution in [0, 0.1) is 0 Å². The van der Waals surface area contributed by atoms with Gasteiger partial charge in [-0.15, -0.1) is 0 Å². The van der Waals surface area contributed by atoms with Crippen LogP contribution < -0.4 is 11.1 Å². The number of nitrogens with two attached hydrogens (primary N) is 1. The van der Waals surface area contributed by atoms with E-state index in [1.807, 2.05) is 6.92 Å². The molecule has 1 atom stereocenters. The van der Waals surface area contributed by atoms with E-state index in [2.05, 4.69) is 5.32 Å². The van der Waals surface area contributed by atoms with Gasteiger partial charge in [0.25, 0.3) is 0 Å². The van der Waals surface area contributed by atoms with Crippen LogP contribution in [0.5, 0.6) is 0 Å². The van der Waals surface area contributed by atoms with E-state index in [-0.39, 0.29) is 18.4 Å². The summed E-state index contributed by atoms with van der Waals surface area (Å²) in [6.07, 6.45) is 1.36. The van der Waals surface area contributed by atoms with E-state index in [0.29, 0.717) is 19.5 Å². The molecule has 0 aromatic rings. The van der Waals surface area contributed by atoms with Gasteiger partial charge in [-0.05, 0) is 19.8 Å². The summed E-state index contributed by atoms with van der Waals surface area (Å²) >= 11 is 0. The monoisotopic (exact) mass is 213 g/mol. The molecule has 5 heteroatoms. The molecule has 1 unspecified atom stereocenters. The molecule has 0 radical (unpaired) electrons. The van der Waals surface area contributed by atoms with Crippen molar-refractivity contribution in [2.75, 3.05) is 19.6 Å². The first-order valence-electron chi connectivity index (χ1n) is 5.32. The van der Waals surface area contributed by atoms with Crippen molar-refractivity contribution in [1.82, 2.24) is 10.2 Å². The molecular weight excluding hydrogens is 194 g/mol. The zero-order valence-corrected chi connectivity index (χ0v) is 9.38. The van der Waals surface area contributed by atoms with E-state index in [1.165, 1.54) is 0 Å². The first kappa shape index (κ1) is 12.0. The predicted octanol–water partition coefficient (Wildman–Crippen LogP) is -0.538. The third kappa shape index (κ3) is 2.92. The second-order valence-electron chi connectivity index (χ2n) is 4.20. The Morgan fingerprint density at radius 3 is 2.93 bits per heavy atom. The number of amides is 2. The summed E-state index contributed by atoms with van der Waals surface area (Å²) in [7, 11) is 0. The van der Waals surface area contributed by atoms with Crippen LogP contribution in [0.2, 0.25) is 0 Å². The Bertz CT molecular complexity index is 263. The Kier molecular flexibility index (Phi) is 3.68. The molecular formula is C10H19N3O2. The van der Waals surface area contributed by atoms with Gasteiger partial charge in [0, 0.05) is 13.1 Å². The summed E-state index contributed by atoms with van der Waals surface area (Å²) in [5, 5.41) is 2.73. The minimum absolute atomic E-state index is 0.104. The van der Waals surface area contributed by atoms with Crippen LogP contribution in [0.3, 0.4) is 0 Å². The molecule has 1 saturated heterocycles. The average molecular weight is 213 g/mol. The smallest absolute Gasteiger partial charge is 0.242 e. The normalized spacial score (nSPS) is 21.5. The molecule has 1 rings (SSSR count). The molecule has 15 heavy (non-hydrogen) atoms. The lowest BCUT2D eigenvalue weighted by Gasteiger charge is -2.29. The van der Waals surface area contributed by atoms with Crippen LogP contribution in [0.15, 0.2) is 0 Å². The summed E-state index contributed by atoms with van der Waals surface area (Å²) in [5.74, 6) is -0.241. The minimum Gasteiger partial charge on any atom is -0.354 e. The molecule has 0 saturated carbocycles. The van der Waals surface area contributed by atoms with Gasteiger partial charge in [0.2, 0.25) is 11.8 Å². The molecule has 2 amide bonds. The van der Waals surface area contributed by atoms with Crippen molar-refractivity contribution in [2.45, 2.75) is 32.2 Å². The van der Waals surface area contributed by atoms with Crippen LogP contribution >= 0.6 is 0 Å². The van der Waals surface area contributed by atoms with Crippen molar-refractivity contribution in [3.63, 3.8) is 0 Å². The molecule has 0 aromatic heterocycles. The van der Waals surface area contributed by atoms with Gasteiger partial charge in [0.15, 0.2) is 0 Å². The number of nitrogens with zero attached hydrogens (tertiary/aromatic N) is 1. The molecule has 0 spiro atoms. The molecule has 0 bridgehead atoms. The number of carbonyl (C=O) groups excluding carboxylic acids is 2. The predicted molar refractivity (Wildman–Crippen MR) is 57.1 cm³/mol. The Labute approximate surface area is 90.0 Å². The molecule has 1 fully saturated rings. The highest BCUT2D eigenvalue weighted by molar-refractivity contribution is 5.90. The van der Waals surface area contributed by atoms with Gasteiger partial charge in [-0.1, -0.05) is 6.92 Å². The van der Waals surface area contributed by atoms with Crippen LogP contribution in [0.4, 0.5) is 0 Å². The Morgan fingerprint density at radius 2 is 2.33 bits per heavy atom. The maximum Gasteiger partial charge on any atom is 0.242 e. The Morgan fingerprint density at radius 1 is 1.67 bits per heavy atom. The topological polar surface area (TPSA) is 75.4 Å². The fourth-order valence-corrected chi connectivity index (χ4v) is 1.49. The SMILES string of the molecule is CCC(C)(N)C(=O)N1CCCNC(=O)C1. The first-order valence-corrected chi connectivity index (χ1v) is 5.32. The van der Waals surface area contributed by atoms with E-state index in [4.69, 9.17) is 5.73 Å². The van der Waals surface area contributed by atoms with Gasteiger partial charge < -0.3 is 16.0 Å². The van der Waals surface area contributed by atoms with Gasteiger partial charge >= 0.3 is 0 Å². The quantitative estimate of drug-likeness (QED) is 0.647. The van der Waals surface area contributed by atoms with Gasteiger partial charge in [0.1, 0.15) is 0 Å². The summed E-state index contributed by atoms with van der Waals surface area (Å²) in [5.41, 5.74) is 5.01. The zero-order valence-electron chi connectivity index (χ0n) is 9.38. The van der Waals surface area contributed by atoms with Crippen molar-refractivity contribution in [1.29, 1.82) is 0 Å². The number of rotatable bonds is 2. The second-order valence-corrected chi connectivity index (χ2v) is 4.20. The maximum atomic E-state index is 12.0. The summed E-state index contributed by atoms with van der Waals surface area (Å²) in [6.45, 7) is 4.94. The standard InChI is InChI=1S/C10H19N3O2/c1-3-10(2,11)9(15)13-6-4-5-12-8(14)7-13/h3-7,11H2,1-2H3,(H,12,14). The number of carbonyl (C=O) groups is 2. The lowest BCUT2D eigenvalue weighted by atomic mass is 9.98. The fourth-order valence-electron chi connectivity index (χ4n) is 1.49. The lowest BCUT2D eigenvalue weighted by molar-refractivity contribution is -0.139. The van der Waals surface area contributed by atoms with Gasteiger partial charge in [-0.3, -0.25) is 9.59 Å². The largest absolute Gasteiger partial charge is 0.354 e. The van der Waals surface area contributed by atoms with Crippen molar-refractivity contribution >= 4 is 11.8 Å². The summed E-state index contributed by atoms with van der Waals surface area (Å²) in [4.78, 5) is 24.8. The van der Waals surface area contributed by atoms with E-state index in [0.717, 1.165) is 6.42 Å². The molecule has 1 aliphatic rings. The van der Waals surface area contributed by atoms with Crippen molar-refractivity contribution in [3.05, 3.63) is 0 Å². The van der Waals surface area contributed by atoms with Gasteiger partial charge in [-0.25, -0.2) is 0 Å². The molecule has 0 aromatic carbocycles. The van der Waals surface area contributed by atoms with Crippen LogP contribution in [-0.4, -0.2) is 41.9 Å². The highest BCUT2D eigenvalue weighted by Crippen LogP contribution is 2.11. The highest BCUT2D eigenvalue weighted by atomic mass is 16.2. The average Bonchev–Trinajstić information content (AvgIpc) is 2.41. The Hall–Kier alpha value is -1.10. The molecule has 86 valence electrons. The van der Waals surface area contributed by atoms with Crippen LogP contribution in [0.25, 0.3) is 0 Å². The number of hydrogen-bond acceptors (Lipinski definition) is 3. The summed E-state index contributed by atoms with van der Waals surface area (Å²) in [6, 6.07) is 0. The van der Waals surface area contributed by atoms with E-state index < -0.39 is 5.54 Å². The third-order valence-electron chi connectivity index (χ3n) is 2.77. The molecule has 3 N–H and O–H groups in total. The van der Waals surface area contributed by atoms with Crippen LogP contribution in [-0.2, 0) is 9.59 Å². The Balaban J connectivity index is 2.69. The molecule has 5 nitrogen and oxygen atoms in total. The van der Waals surface area contributed by atoms with Crippen molar-refractivity contribution in [2.24, 2.45) is 5.73 Å². The first-order chi connectivity index (χ1) is 6.97. The number of nitrogens with one attached hydrogen (secondary N) is 1. The minimum atomic E-state index is -0.857. The molecule has 0 aliphatic carbocycles. The van der Waals surface area contributed by atoms with Crippen molar-refractivity contribution in [3.8, 4) is 0 Å². The molecule has 1 aliphatic heterocycles. The van der Waals surface area contributed by atoms with E-state index in [9.17, 15) is 9.59 Å².